The minimum atomic E-state index is -0.605. The maximum atomic E-state index is 14.0. The summed E-state index contributed by atoms with van der Waals surface area (Å²) in [7, 11) is 0. The third-order valence-electron chi connectivity index (χ3n) is 7.29. The molecule has 42 heavy (non-hydrogen) atoms. The van der Waals surface area contributed by atoms with Gasteiger partial charge in [0.1, 0.15) is 23.7 Å². The lowest BCUT2D eigenvalue weighted by Crippen LogP contribution is -2.30. The van der Waals surface area contributed by atoms with Crippen LogP contribution in [0, 0.1) is 0 Å². The topological polar surface area (TPSA) is 83.7 Å². The SMILES string of the molecule is CC(C)(C)OC(=O)Nc1ccc2[nH]c(C(=O)N3C[C@@H](CCl)c4c3cc(OCc3ccccc3)c3ccccc43)cc2c1. The van der Waals surface area contributed by atoms with Crippen LogP contribution in [0.25, 0.3) is 21.7 Å². The molecular formula is C34H32ClN3O4. The van der Waals surface area contributed by atoms with E-state index < -0.39 is 11.7 Å². The minimum absolute atomic E-state index is 0.0206. The number of benzene rings is 4. The number of carbonyl (C=O) groups excluding carboxylic acids is 2. The Hall–Kier alpha value is -4.49. The second-order valence-electron chi connectivity index (χ2n) is 11.5. The van der Waals surface area contributed by atoms with Crippen molar-refractivity contribution in [2.24, 2.45) is 0 Å². The molecule has 5 aromatic rings. The van der Waals surface area contributed by atoms with Crippen molar-refractivity contribution in [3.05, 3.63) is 102 Å². The summed E-state index contributed by atoms with van der Waals surface area (Å²) in [6.07, 6.45) is -0.535. The molecule has 0 saturated carbocycles. The highest BCUT2D eigenvalue weighted by molar-refractivity contribution is 6.19. The molecule has 0 fully saturated rings. The Morgan fingerprint density at radius 1 is 0.976 bits per heavy atom. The van der Waals surface area contributed by atoms with Gasteiger partial charge >= 0.3 is 6.09 Å². The second kappa shape index (κ2) is 11.1. The van der Waals surface area contributed by atoms with Crippen molar-refractivity contribution in [2.45, 2.75) is 38.9 Å². The summed E-state index contributed by atoms with van der Waals surface area (Å²) in [5, 5.41) is 5.58. The van der Waals surface area contributed by atoms with E-state index in [1.807, 2.05) is 87.5 Å². The van der Waals surface area contributed by atoms with Crippen LogP contribution in [-0.4, -0.2) is 35.0 Å². The van der Waals surface area contributed by atoms with Crippen molar-refractivity contribution in [1.29, 1.82) is 0 Å². The molecule has 214 valence electrons. The number of alkyl halides is 1. The maximum Gasteiger partial charge on any atom is 0.412 e. The zero-order valence-electron chi connectivity index (χ0n) is 23.7. The third kappa shape index (κ3) is 5.52. The van der Waals surface area contributed by atoms with Crippen LogP contribution >= 0.6 is 11.6 Å². The number of halogens is 1. The van der Waals surface area contributed by atoms with E-state index in [1.54, 1.807) is 17.0 Å². The average molecular weight is 582 g/mol. The smallest absolute Gasteiger partial charge is 0.412 e. The molecular weight excluding hydrogens is 550 g/mol. The fourth-order valence-electron chi connectivity index (χ4n) is 5.48. The first-order valence-electron chi connectivity index (χ1n) is 13.9. The van der Waals surface area contributed by atoms with Crippen molar-refractivity contribution < 1.29 is 19.1 Å². The molecule has 1 aliphatic heterocycles. The molecule has 2 N–H and O–H groups in total. The van der Waals surface area contributed by atoms with Crippen LogP contribution in [0.5, 0.6) is 5.75 Å². The molecule has 8 heteroatoms. The van der Waals surface area contributed by atoms with E-state index in [0.717, 1.165) is 44.2 Å². The first-order valence-corrected chi connectivity index (χ1v) is 14.5. The number of anilines is 2. The summed E-state index contributed by atoms with van der Waals surface area (Å²) < 4.78 is 11.7. The number of amides is 2. The first kappa shape index (κ1) is 27.7. The van der Waals surface area contributed by atoms with E-state index >= 15 is 0 Å². The van der Waals surface area contributed by atoms with Crippen molar-refractivity contribution >= 4 is 56.7 Å². The molecule has 0 bridgehead atoms. The van der Waals surface area contributed by atoms with Crippen LogP contribution in [0.1, 0.15) is 48.3 Å². The molecule has 0 spiro atoms. The van der Waals surface area contributed by atoms with Crippen LogP contribution in [-0.2, 0) is 11.3 Å². The number of ether oxygens (including phenoxy) is 2. The molecule has 1 aliphatic rings. The summed E-state index contributed by atoms with van der Waals surface area (Å²) in [6.45, 7) is 6.31. The molecule has 0 unspecified atom stereocenters. The average Bonchev–Trinajstić information content (AvgIpc) is 3.56. The van der Waals surface area contributed by atoms with Gasteiger partial charge in [-0.15, -0.1) is 11.6 Å². The van der Waals surface area contributed by atoms with Gasteiger partial charge in [0.15, 0.2) is 0 Å². The molecule has 4 aromatic carbocycles. The fourth-order valence-corrected chi connectivity index (χ4v) is 5.73. The summed E-state index contributed by atoms with van der Waals surface area (Å²) in [6, 6.07) is 27.3. The van der Waals surface area contributed by atoms with Gasteiger partial charge in [0.2, 0.25) is 0 Å². The lowest BCUT2D eigenvalue weighted by Gasteiger charge is -2.19. The molecule has 0 saturated heterocycles. The molecule has 1 aromatic heterocycles. The van der Waals surface area contributed by atoms with Gasteiger partial charge in [0.25, 0.3) is 5.91 Å². The van der Waals surface area contributed by atoms with Gasteiger partial charge in [0, 0.05) is 46.4 Å². The monoisotopic (exact) mass is 581 g/mol. The number of aromatic nitrogens is 1. The van der Waals surface area contributed by atoms with Gasteiger partial charge in [-0.05, 0) is 61.5 Å². The molecule has 1 atom stereocenters. The largest absolute Gasteiger partial charge is 0.488 e. The Balaban J connectivity index is 1.32. The van der Waals surface area contributed by atoms with Crippen LogP contribution in [0.15, 0.2) is 84.9 Å². The highest BCUT2D eigenvalue weighted by Gasteiger charge is 2.35. The minimum Gasteiger partial charge on any atom is -0.488 e. The molecule has 0 radical (unpaired) electrons. The number of nitrogens with zero attached hydrogens (tertiary/aromatic N) is 1. The van der Waals surface area contributed by atoms with E-state index in [-0.39, 0.29) is 11.8 Å². The van der Waals surface area contributed by atoms with E-state index in [9.17, 15) is 9.59 Å². The number of rotatable bonds is 6. The Morgan fingerprint density at radius 3 is 2.45 bits per heavy atom. The standard InChI is InChI=1S/C34H32ClN3O4/c1-34(2,3)42-33(40)36-24-13-14-27-22(15-24)16-28(37-27)32(39)38-19-23(18-35)31-26-12-8-7-11-25(26)30(17-29(31)38)41-20-21-9-5-4-6-10-21/h4-17,23,37H,18-20H2,1-3H3,(H,36,40)/t23-/m1/s1. The van der Waals surface area contributed by atoms with Crippen molar-refractivity contribution in [3.63, 3.8) is 0 Å². The highest BCUT2D eigenvalue weighted by atomic mass is 35.5. The number of aromatic amines is 1. The first-order chi connectivity index (χ1) is 20.2. The second-order valence-corrected chi connectivity index (χ2v) is 11.8. The predicted molar refractivity (Wildman–Crippen MR) is 168 cm³/mol. The zero-order valence-corrected chi connectivity index (χ0v) is 24.5. The maximum absolute atomic E-state index is 14.0. The quantitative estimate of drug-likeness (QED) is 0.198. The Labute approximate surface area is 249 Å². The lowest BCUT2D eigenvalue weighted by molar-refractivity contribution is 0.0635. The van der Waals surface area contributed by atoms with E-state index in [1.165, 1.54) is 0 Å². The lowest BCUT2D eigenvalue weighted by atomic mass is 9.95. The highest BCUT2D eigenvalue weighted by Crippen LogP contribution is 2.46. The Bertz CT molecular complexity index is 1790. The van der Waals surface area contributed by atoms with Crippen LogP contribution in [0.4, 0.5) is 16.2 Å². The predicted octanol–water partition coefficient (Wildman–Crippen LogP) is 8.23. The third-order valence-corrected chi connectivity index (χ3v) is 7.67. The molecule has 0 aliphatic carbocycles. The number of carbonyl (C=O) groups is 2. The molecule has 6 rings (SSSR count). The van der Waals surface area contributed by atoms with E-state index in [2.05, 4.69) is 16.4 Å². The molecule has 2 heterocycles. The number of hydrogen-bond donors (Lipinski definition) is 2. The van der Waals surface area contributed by atoms with Crippen molar-refractivity contribution in [2.75, 3.05) is 22.6 Å². The number of nitrogens with one attached hydrogen (secondary N) is 2. The van der Waals surface area contributed by atoms with Crippen LogP contribution < -0.4 is 15.0 Å². The zero-order chi connectivity index (χ0) is 29.4. The summed E-state index contributed by atoms with van der Waals surface area (Å²) >= 11 is 6.47. The normalized spacial score (nSPS) is 14.7. The summed E-state index contributed by atoms with van der Waals surface area (Å²) in [5.41, 5.74) is 4.13. The van der Waals surface area contributed by atoms with Gasteiger partial charge in [-0.3, -0.25) is 10.1 Å². The number of fused-ring (bicyclic) bond motifs is 4. The van der Waals surface area contributed by atoms with Gasteiger partial charge in [-0.25, -0.2) is 4.79 Å². The fraction of sp³-hybridized carbons (Fsp3) is 0.235. The van der Waals surface area contributed by atoms with Crippen LogP contribution in [0.3, 0.4) is 0 Å². The van der Waals surface area contributed by atoms with Gasteiger partial charge in [0.05, 0.1) is 5.69 Å². The van der Waals surface area contributed by atoms with Gasteiger partial charge in [-0.2, -0.15) is 0 Å². The summed E-state index contributed by atoms with van der Waals surface area (Å²) in [4.78, 5) is 31.3. The molecule has 7 nitrogen and oxygen atoms in total. The van der Waals surface area contributed by atoms with Crippen molar-refractivity contribution in [3.8, 4) is 5.75 Å². The summed E-state index contributed by atoms with van der Waals surface area (Å²) in [5.74, 6) is 0.923. The number of H-pyrrole nitrogens is 1. The van der Waals surface area contributed by atoms with Crippen LogP contribution in [0.2, 0.25) is 0 Å². The molecule has 2 amide bonds. The van der Waals surface area contributed by atoms with E-state index in [0.29, 0.717) is 30.4 Å². The van der Waals surface area contributed by atoms with E-state index in [4.69, 9.17) is 21.1 Å². The van der Waals surface area contributed by atoms with Gasteiger partial charge < -0.3 is 19.4 Å². The Morgan fingerprint density at radius 2 is 1.71 bits per heavy atom. The number of hydrogen-bond acceptors (Lipinski definition) is 4. The van der Waals surface area contributed by atoms with Crippen molar-refractivity contribution in [1.82, 2.24) is 4.98 Å². The van der Waals surface area contributed by atoms with Gasteiger partial charge in [-0.1, -0.05) is 54.6 Å². The Kier molecular flexibility index (Phi) is 7.29.